The lowest BCUT2D eigenvalue weighted by molar-refractivity contribution is 0.378. The molecule has 1 saturated heterocycles. The third kappa shape index (κ3) is 3.35. The number of aromatic nitrogens is 3. The minimum Gasteiger partial charge on any atom is -0.371 e. The number of aromatic amines is 1. The number of nitrogens with one attached hydrogen (secondary N) is 2. The molecule has 3 aromatic rings. The Morgan fingerprint density at radius 1 is 1.14 bits per heavy atom. The van der Waals surface area contributed by atoms with Gasteiger partial charge in [-0.15, -0.1) is 0 Å². The van der Waals surface area contributed by atoms with Crippen molar-refractivity contribution in [3.05, 3.63) is 30.7 Å². The molecular formula is C20H25N5O2S. The second-order valence-electron chi connectivity index (χ2n) is 8.05. The largest absolute Gasteiger partial charge is 0.371 e. The van der Waals surface area contributed by atoms with E-state index in [2.05, 4.69) is 30.6 Å². The first-order valence-electron chi connectivity index (χ1n) is 10.0. The van der Waals surface area contributed by atoms with Gasteiger partial charge >= 0.3 is 0 Å². The summed E-state index contributed by atoms with van der Waals surface area (Å²) in [7, 11) is -3.17. The van der Waals surface area contributed by atoms with E-state index in [0.29, 0.717) is 0 Å². The fraction of sp³-hybridized carbons (Fsp3) is 0.500. The lowest BCUT2D eigenvalue weighted by atomic mass is 9.94. The highest BCUT2D eigenvalue weighted by Gasteiger charge is 2.28. The van der Waals surface area contributed by atoms with Crippen LogP contribution in [0.25, 0.3) is 21.9 Å². The second kappa shape index (κ2) is 7.00. The van der Waals surface area contributed by atoms with Gasteiger partial charge in [0.05, 0.1) is 17.5 Å². The molecular weight excluding hydrogens is 374 g/mol. The highest BCUT2D eigenvalue weighted by molar-refractivity contribution is 7.89. The van der Waals surface area contributed by atoms with Crippen LogP contribution in [0.3, 0.4) is 0 Å². The maximum absolute atomic E-state index is 12.4. The monoisotopic (exact) mass is 399 g/mol. The number of piperidine rings is 1. The topological polar surface area (TPSA) is 91.0 Å². The lowest BCUT2D eigenvalue weighted by Crippen LogP contribution is -2.43. The van der Waals surface area contributed by atoms with Crippen LogP contribution in [0, 0.1) is 5.92 Å². The molecule has 0 aromatic carbocycles. The summed E-state index contributed by atoms with van der Waals surface area (Å²) in [5.74, 6) is 0.469. The van der Waals surface area contributed by atoms with E-state index in [9.17, 15) is 8.42 Å². The molecule has 4 heterocycles. The van der Waals surface area contributed by atoms with Crippen LogP contribution in [0.15, 0.2) is 30.7 Å². The van der Waals surface area contributed by atoms with Gasteiger partial charge in [0.2, 0.25) is 10.0 Å². The number of sulfonamides is 1. The van der Waals surface area contributed by atoms with Gasteiger partial charge in [-0.05, 0) is 43.7 Å². The van der Waals surface area contributed by atoms with Gasteiger partial charge in [0.15, 0.2) is 0 Å². The molecule has 0 atom stereocenters. The Balaban J connectivity index is 1.32. The molecule has 0 unspecified atom stereocenters. The molecule has 28 heavy (non-hydrogen) atoms. The summed E-state index contributed by atoms with van der Waals surface area (Å²) < 4.78 is 27.7. The average molecular weight is 400 g/mol. The highest BCUT2D eigenvalue weighted by atomic mass is 32.2. The van der Waals surface area contributed by atoms with E-state index in [-0.39, 0.29) is 17.7 Å². The van der Waals surface area contributed by atoms with Gasteiger partial charge in [0.1, 0.15) is 5.65 Å². The fourth-order valence-corrected chi connectivity index (χ4v) is 6.17. The number of H-pyrrole nitrogens is 1. The summed E-state index contributed by atoms with van der Waals surface area (Å²) in [5, 5.41) is 2.20. The predicted octanol–water partition coefficient (Wildman–Crippen LogP) is 2.80. The first-order valence-corrected chi connectivity index (χ1v) is 11.7. The average Bonchev–Trinajstić information content (AvgIpc) is 3.14. The van der Waals surface area contributed by atoms with E-state index in [1.807, 2.05) is 24.7 Å². The quantitative estimate of drug-likeness (QED) is 0.688. The third-order valence-corrected chi connectivity index (χ3v) is 7.73. The molecule has 0 radical (unpaired) electrons. The molecule has 0 spiro atoms. The van der Waals surface area contributed by atoms with Gasteiger partial charge in [-0.2, -0.15) is 0 Å². The molecule has 0 bridgehead atoms. The predicted molar refractivity (Wildman–Crippen MR) is 111 cm³/mol. The zero-order chi connectivity index (χ0) is 19.1. The first-order chi connectivity index (χ1) is 13.6. The van der Waals surface area contributed by atoms with Gasteiger partial charge in [-0.25, -0.2) is 18.1 Å². The molecule has 0 amide bonds. The molecule has 2 N–H and O–H groups in total. The Bertz CT molecular complexity index is 1100. The lowest BCUT2D eigenvalue weighted by Gasteiger charge is -2.34. The van der Waals surface area contributed by atoms with Crippen LogP contribution in [0.2, 0.25) is 0 Å². The Morgan fingerprint density at radius 2 is 1.96 bits per heavy atom. The van der Waals surface area contributed by atoms with Crippen LogP contribution in [0.1, 0.15) is 32.1 Å². The van der Waals surface area contributed by atoms with Crippen molar-refractivity contribution in [1.29, 1.82) is 0 Å². The molecule has 1 aliphatic carbocycles. The van der Waals surface area contributed by atoms with Crippen molar-refractivity contribution < 1.29 is 8.42 Å². The van der Waals surface area contributed by atoms with Crippen LogP contribution >= 0.6 is 0 Å². The Morgan fingerprint density at radius 3 is 2.71 bits per heavy atom. The maximum atomic E-state index is 12.4. The molecule has 1 aliphatic heterocycles. The van der Waals surface area contributed by atoms with Crippen LogP contribution < -0.4 is 9.62 Å². The maximum Gasteiger partial charge on any atom is 0.212 e. The van der Waals surface area contributed by atoms with Gasteiger partial charge in [-0.3, -0.25) is 4.98 Å². The second-order valence-corrected chi connectivity index (χ2v) is 9.84. The fourth-order valence-electron chi connectivity index (χ4n) is 4.38. The summed E-state index contributed by atoms with van der Waals surface area (Å²) in [5.41, 5.74) is 2.91. The van der Waals surface area contributed by atoms with E-state index >= 15 is 0 Å². The zero-order valence-electron chi connectivity index (χ0n) is 15.8. The van der Waals surface area contributed by atoms with E-state index < -0.39 is 10.0 Å². The molecule has 8 heteroatoms. The van der Waals surface area contributed by atoms with Crippen molar-refractivity contribution in [1.82, 2.24) is 19.7 Å². The number of hydrogen-bond acceptors (Lipinski definition) is 5. The SMILES string of the molecule is O=S(=O)(CC1CCN(c2ccnc3cnc4[nH]ccc4c23)CC1)NC1CCC1. The number of nitrogens with zero attached hydrogens (tertiary/aromatic N) is 3. The molecule has 7 nitrogen and oxygen atoms in total. The van der Waals surface area contributed by atoms with Crippen molar-refractivity contribution in [2.75, 3.05) is 23.7 Å². The van der Waals surface area contributed by atoms with Crippen LogP contribution in [0.4, 0.5) is 5.69 Å². The summed E-state index contributed by atoms with van der Waals surface area (Å²) >= 11 is 0. The number of rotatable bonds is 5. The number of hydrogen-bond donors (Lipinski definition) is 2. The van der Waals surface area contributed by atoms with E-state index in [1.165, 1.54) is 0 Å². The molecule has 2 aliphatic rings. The van der Waals surface area contributed by atoms with E-state index in [0.717, 1.165) is 72.8 Å². The van der Waals surface area contributed by atoms with Crippen molar-refractivity contribution in [2.45, 2.75) is 38.1 Å². The Hall–Kier alpha value is -2.19. The standard InChI is InChI=1S/C20H25N5O2S/c26-28(27,24-15-2-1-3-15)13-14-6-10-25(11-7-14)18-5-9-21-17-12-23-20-16(19(17)18)4-8-22-20/h4-5,8-9,12,14-15,24H,1-3,6-7,10-11,13H2,(H,22,23). The minimum atomic E-state index is -3.17. The molecule has 2 fully saturated rings. The van der Waals surface area contributed by atoms with E-state index in [4.69, 9.17) is 0 Å². The molecule has 3 aromatic heterocycles. The normalized spacial score (nSPS) is 19.4. The zero-order valence-corrected chi connectivity index (χ0v) is 16.6. The van der Waals surface area contributed by atoms with Crippen LogP contribution in [-0.4, -0.2) is 48.3 Å². The number of pyridine rings is 2. The van der Waals surface area contributed by atoms with E-state index in [1.54, 1.807) is 0 Å². The summed E-state index contributed by atoms with van der Waals surface area (Å²) in [4.78, 5) is 14.4. The van der Waals surface area contributed by atoms with Crippen LogP contribution in [-0.2, 0) is 10.0 Å². The van der Waals surface area contributed by atoms with Crippen molar-refractivity contribution in [3.63, 3.8) is 0 Å². The highest BCUT2D eigenvalue weighted by Crippen LogP contribution is 2.33. The van der Waals surface area contributed by atoms with Crippen molar-refractivity contribution >= 4 is 37.6 Å². The number of fused-ring (bicyclic) bond motifs is 3. The van der Waals surface area contributed by atoms with Gasteiger partial charge in [-0.1, -0.05) is 6.42 Å². The third-order valence-electron chi connectivity index (χ3n) is 6.13. The van der Waals surface area contributed by atoms with Gasteiger partial charge in [0.25, 0.3) is 0 Å². The van der Waals surface area contributed by atoms with Crippen LogP contribution in [0.5, 0.6) is 0 Å². The first kappa shape index (κ1) is 17.9. The summed E-state index contributed by atoms with van der Waals surface area (Å²) in [6.07, 6.45) is 10.4. The molecule has 148 valence electrons. The summed E-state index contributed by atoms with van der Waals surface area (Å²) in [6, 6.07) is 4.27. The van der Waals surface area contributed by atoms with Gasteiger partial charge in [0, 0.05) is 48.0 Å². The Labute approximate surface area is 164 Å². The smallest absolute Gasteiger partial charge is 0.212 e. The minimum absolute atomic E-state index is 0.172. The molecule has 1 saturated carbocycles. The Kier molecular flexibility index (Phi) is 4.47. The molecule has 5 rings (SSSR count). The van der Waals surface area contributed by atoms with Crippen molar-refractivity contribution in [2.24, 2.45) is 5.92 Å². The summed E-state index contributed by atoms with van der Waals surface area (Å²) in [6.45, 7) is 1.72. The van der Waals surface area contributed by atoms with Crippen molar-refractivity contribution in [3.8, 4) is 0 Å². The number of anilines is 1. The van der Waals surface area contributed by atoms with Gasteiger partial charge < -0.3 is 9.88 Å².